The summed E-state index contributed by atoms with van der Waals surface area (Å²) in [5.41, 5.74) is 1.29. The third-order valence-electron chi connectivity index (χ3n) is 2.85. The number of hydrogen-bond donors (Lipinski definition) is 0. The van der Waals surface area contributed by atoms with E-state index in [2.05, 4.69) is 21.8 Å². The van der Waals surface area contributed by atoms with Crippen LogP contribution in [0.4, 0.5) is 0 Å². The second-order valence-electron chi connectivity index (χ2n) is 4.51. The third-order valence-corrected chi connectivity index (χ3v) is 4.40. The van der Waals surface area contributed by atoms with Gasteiger partial charge in [0, 0.05) is 23.9 Å². The highest BCUT2D eigenvalue weighted by atomic mass is 35.5. The van der Waals surface area contributed by atoms with Crippen molar-refractivity contribution in [1.82, 2.24) is 14.5 Å². The molecule has 0 bridgehead atoms. The van der Waals surface area contributed by atoms with Crippen molar-refractivity contribution in [3.8, 4) is 11.8 Å². The zero-order valence-corrected chi connectivity index (χ0v) is 14.4. The minimum atomic E-state index is -0.207. The summed E-state index contributed by atoms with van der Waals surface area (Å²) in [5, 5.41) is 0.496. The van der Waals surface area contributed by atoms with Crippen molar-refractivity contribution in [2.45, 2.75) is 18.2 Å². The Morgan fingerprint density at radius 1 is 1.48 bits per heavy atom. The lowest BCUT2D eigenvalue weighted by molar-refractivity contribution is -0.142. The molecule has 0 aliphatic rings. The van der Waals surface area contributed by atoms with Crippen LogP contribution in [0.2, 0.25) is 5.02 Å². The molecule has 0 aliphatic carbocycles. The zero-order chi connectivity index (χ0) is 16.7. The van der Waals surface area contributed by atoms with E-state index in [9.17, 15) is 4.79 Å². The number of rotatable bonds is 5. The summed E-state index contributed by atoms with van der Waals surface area (Å²) >= 11 is 7.82. The van der Waals surface area contributed by atoms with E-state index in [1.54, 1.807) is 25.6 Å². The summed E-state index contributed by atoms with van der Waals surface area (Å²) in [7, 11) is 1.87. The van der Waals surface area contributed by atoms with Crippen LogP contribution in [0.15, 0.2) is 29.7 Å². The molecule has 0 unspecified atom stereocenters. The molecule has 0 atom stereocenters. The normalized spacial score (nSPS) is 10.0. The summed E-state index contributed by atoms with van der Waals surface area (Å²) in [4.78, 5) is 20.4. The molecule has 0 radical (unpaired) electrons. The lowest BCUT2D eigenvalue weighted by atomic mass is 10.3. The maximum Gasteiger partial charge on any atom is 0.306 e. The van der Waals surface area contributed by atoms with Crippen LogP contribution in [-0.4, -0.2) is 32.9 Å². The number of nitrogens with zero attached hydrogens (tertiary/aromatic N) is 3. The molecule has 0 saturated heterocycles. The highest BCUT2D eigenvalue weighted by Crippen LogP contribution is 2.29. The first kappa shape index (κ1) is 17.4. The molecule has 2 aromatic heterocycles. The number of hydrogen-bond acceptors (Lipinski definition) is 5. The SMILES string of the molecule is CCOC(=O)CCSc1ccnc(C#Cc2cncn2C)c1Cl. The average Bonchev–Trinajstić information content (AvgIpc) is 2.93. The predicted molar refractivity (Wildman–Crippen MR) is 90.4 cm³/mol. The number of ether oxygens (including phenoxy) is 1. The number of carbonyl (C=O) groups excluding carboxylic acids is 1. The number of pyridine rings is 1. The van der Waals surface area contributed by atoms with Crippen LogP contribution >= 0.6 is 23.4 Å². The molecule has 0 saturated carbocycles. The van der Waals surface area contributed by atoms with Gasteiger partial charge < -0.3 is 9.30 Å². The van der Waals surface area contributed by atoms with Crippen LogP contribution in [0.5, 0.6) is 0 Å². The number of esters is 1. The van der Waals surface area contributed by atoms with Gasteiger partial charge in [-0.1, -0.05) is 11.6 Å². The van der Waals surface area contributed by atoms with E-state index in [4.69, 9.17) is 16.3 Å². The number of imidazole rings is 1. The number of halogens is 1. The molecular formula is C16H16ClN3O2S. The molecule has 120 valence electrons. The van der Waals surface area contributed by atoms with E-state index in [0.717, 1.165) is 10.6 Å². The Morgan fingerprint density at radius 3 is 3.00 bits per heavy atom. The Kier molecular flexibility index (Phi) is 6.51. The fourth-order valence-corrected chi connectivity index (χ4v) is 2.89. The molecule has 0 aromatic carbocycles. The van der Waals surface area contributed by atoms with E-state index >= 15 is 0 Å². The van der Waals surface area contributed by atoms with Gasteiger partial charge in [-0.15, -0.1) is 11.8 Å². The Hall–Kier alpha value is -1.97. The summed E-state index contributed by atoms with van der Waals surface area (Å²) in [5.74, 6) is 6.33. The van der Waals surface area contributed by atoms with E-state index < -0.39 is 0 Å². The fraction of sp³-hybridized carbons (Fsp3) is 0.312. The molecule has 5 nitrogen and oxygen atoms in total. The molecule has 0 spiro atoms. The van der Waals surface area contributed by atoms with Crippen LogP contribution in [0, 0.1) is 11.8 Å². The van der Waals surface area contributed by atoms with Gasteiger partial charge >= 0.3 is 5.97 Å². The number of aryl methyl sites for hydroxylation is 1. The van der Waals surface area contributed by atoms with Gasteiger partial charge in [0.25, 0.3) is 0 Å². The quantitative estimate of drug-likeness (QED) is 0.472. The minimum absolute atomic E-state index is 0.207. The number of thioether (sulfide) groups is 1. The van der Waals surface area contributed by atoms with E-state index in [1.807, 2.05) is 17.7 Å². The lowest BCUT2D eigenvalue weighted by Gasteiger charge is -2.05. The van der Waals surface area contributed by atoms with Gasteiger partial charge in [-0.05, 0) is 24.8 Å². The molecule has 0 fully saturated rings. The first-order valence-corrected chi connectivity index (χ1v) is 8.39. The van der Waals surface area contributed by atoms with Crippen molar-refractivity contribution in [3.05, 3.63) is 41.2 Å². The third kappa shape index (κ3) is 5.02. The summed E-state index contributed by atoms with van der Waals surface area (Å²) < 4.78 is 6.72. The van der Waals surface area contributed by atoms with Gasteiger partial charge in [-0.3, -0.25) is 4.79 Å². The molecule has 2 rings (SSSR count). The second kappa shape index (κ2) is 8.61. The largest absolute Gasteiger partial charge is 0.466 e. The van der Waals surface area contributed by atoms with Gasteiger partial charge in [-0.25, -0.2) is 9.97 Å². The van der Waals surface area contributed by atoms with E-state index in [0.29, 0.717) is 29.5 Å². The first-order chi connectivity index (χ1) is 11.1. The van der Waals surface area contributed by atoms with E-state index in [1.165, 1.54) is 11.8 Å². The number of aromatic nitrogens is 3. The van der Waals surface area contributed by atoms with Gasteiger partial charge in [0.2, 0.25) is 0 Å². The van der Waals surface area contributed by atoms with Crippen molar-refractivity contribution in [3.63, 3.8) is 0 Å². The predicted octanol–water partition coefficient (Wildman–Crippen LogP) is 2.91. The molecule has 2 heterocycles. The second-order valence-corrected chi connectivity index (χ2v) is 6.03. The highest BCUT2D eigenvalue weighted by molar-refractivity contribution is 7.99. The monoisotopic (exact) mass is 349 g/mol. The lowest BCUT2D eigenvalue weighted by Crippen LogP contribution is -2.04. The van der Waals surface area contributed by atoms with Gasteiger partial charge in [-0.2, -0.15) is 0 Å². The Bertz CT molecular complexity index is 749. The van der Waals surface area contributed by atoms with Crippen molar-refractivity contribution in [1.29, 1.82) is 0 Å². The van der Waals surface area contributed by atoms with Crippen LogP contribution < -0.4 is 0 Å². The Labute approximate surface area is 144 Å². The average molecular weight is 350 g/mol. The molecule has 7 heteroatoms. The van der Waals surface area contributed by atoms with Crippen molar-refractivity contribution in [2.75, 3.05) is 12.4 Å². The van der Waals surface area contributed by atoms with Gasteiger partial charge in [0.15, 0.2) is 0 Å². The van der Waals surface area contributed by atoms with Crippen LogP contribution in [0.3, 0.4) is 0 Å². The van der Waals surface area contributed by atoms with Crippen molar-refractivity contribution < 1.29 is 9.53 Å². The van der Waals surface area contributed by atoms with Gasteiger partial charge in [0.05, 0.1) is 30.6 Å². The van der Waals surface area contributed by atoms with Crippen LogP contribution in [0.25, 0.3) is 0 Å². The molecule has 23 heavy (non-hydrogen) atoms. The fourth-order valence-electron chi connectivity index (χ4n) is 1.70. The standard InChI is InChI=1S/C16H16ClN3O2S/c1-3-22-15(21)7-9-23-14-6-8-19-13(16(14)17)5-4-12-10-18-11-20(12)2/h6,8,10-11H,3,7,9H2,1-2H3. The number of carbonyl (C=O) groups is 1. The van der Waals surface area contributed by atoms with E-state index in [-0.39, 0.29) is 5.97 Å². The Morgan fingerprint density at radius 2 is 2.30 bits per heavy atom. The molecule has 0 amide bonds. The topological polar surface area (TPSA) is 57.0 Å². The van der Waals surface area contributed by atoms with Crippen LogP contribution in [0.1, 0.15) is 24.7 Å². The zero-order valence-electron chi connectivity index (χ0n) is 12.9. The first-order valence-electron chi connectivity index (χ1n) is 7.03. The maximum absolute atomic E-state index is 11.3. The van der Waals surface area contributed by atoms with Crippen LogP contribution in [-0.2, 0) is 16.6 Å². The maximum atomic E-state index is 11.3. The smallest absolute Gasteiger partial charge is 0.306 e. The summed E-state index contributed by atoms with van der Waals surface area (Å²) in [6.07, 6.45) is 5.36. The summed E-state index contributed by atoms with van der Waals surface area (Å²) in [6, 6.07) is 1.81. The molecular weight excluding hydrogens is 334 g/mol. The van der Waals surface area contributed by atoms with Crippen molar-refractivity contribution >= 4 is 29.3 Å². The molecule has 0 N–H and O–H groups in total. The van der Waals surface area contributed by atoms with Gasteiger partial charge in [0.1, 0.15) is 11.4 Å². The Balaban J connectivity index is 2.05. The molecule has 0 aliphatic heterocycles. The summed E-state index contributed by atoms with van der Waals surface area (Å²) in [6.45, 7) is 2.19. The highest BCUT2D eigenvalue weighted by Gasteiger charge is 2.08. The van der Waals surface area contributed by atoms with Crippen molar-refractivity contribution in [2.24, 2.45) is 7.05 Å². The molecule has 2 aromatic rings. The minimum Gasteiger partial charge on any atom is -0.466 e.